The lowest BCUT2D eigenvalue weighted by atomic mass is 9.74. The second-order valence-corrected chi connectivity index (χ2v) is 8.20. The average molecular weight is 389 g/mol. The molecule has 152 valence electrons. The van der Waals surface area contributed by atoms with Crippen LogP contribution in [0.2, 0.25) is 0 Å². The van der Waals surface area contributed by atoms with Crippen LogP contribution in [0.5, 0.6) is 0 Å². The normalized spacial score (nSPS) is 27.2. The number of benzene rings is 1. The molecule has 0 radical (unpaired) electrons. The third-order valence-corrected chi connectivity index (χ3v) is 6.42. The zero-order valence-corrected chi connectivity index (χ0v) is 16.1. The molecule has 1 atom stereocenters. The van der Waals surface area contributed by atoms with E-state index in [1.807, 2.05) is 0 Å². The van der Waals surface area contributed by atoms with E-state index in [0.717, 1.165) is 44.3 Å². The molecule has 0 unspecified atom stereocenters. The number of hydrogen-bond acceptors (Lipinski definition) is 4. The molecule has 0 aromatic heterocycles. The Morgan fingerprint density at radius 1 is 1.07 bits per heavy atom. The molecular weight excluding hydrogens is 361 g/mol. The monoisotopic (exact) mass is 389 g/mol. The number of nitrogens with one attached hydrogen (secondary N) is 2. The van der Waals surface area contributed by atoms with Gasteiger partial charge in [-0.1, -0.05) is 12.1 Å². The molecule has 1 aromatic carbocycles. The quantitative estimate of drug-likeness (QED) is 0.757. The first kappa shape index (κ1) is 19.3. The molecule has 28 heavy (non-hydrogen) atoms. The number of rotatable bonds is 5. The van der Waals surface area contributed by atoms with Gasteiger partial charge >= 0.3 is 6.03 Å². The Balaban J connectivity index is 1.59. The first-order valence-electron chi connectivity index (χ1n) is 10.3. The van der Waals surface area contributed by atoms with E-state index in [-0.39, 0.29) is 29.6 Å². The molecule has 7 heteroatoms. The zero-order chi connectivity index (χ0) is 19.6. The first-order chi connectivity index (χ1) is 13.6. The molecule has 2 N–H and O–H groups in total. The van der Waals surface area contributed by atoms with E-state index in [2.05, 4.69) is 10.6 Å². The van der Waals surface area contributed by atoms with Gasteiger partial charge in [0.25, 0.3) is 5.91 Å². The standard InChI is InChI=1S/C21H28FN3O3/c22-18-3-1-15(2-4-18)13-21(17-5-9-23-10-6-17)19(26)25(20(27)24-21)14-16-7-11-28-12-8-16/h1-4,16-17,23H,5-14H2,(H,24,27)/t21-/m1/s1. The Morgan fingerprint density at radius 3 is 2.43 bits per heavy atom. The molecule has 3 fully saturated rings. The molecule has 0 aliphatic carbocycles. The molecule has 0 bridgehead atoms. The van der Waals surface area contributed by atoms with Crippen molar-refractivity contribution in [3.8, 4) is 0 Å². The van der Waals surface area contributed by atoms with E-state index >= 15 is 0 Å². The number of nitrogens with zero attached hydrogens (tertiary/aromatic N) is 1. The molecular formula is C21H28FN3O3. The lowest BCUT2D eigenvalue weighted by Crippen LogP contribution is -2.57. The number of urea groups is 1. The fourth-order valence-corrected chi connectivity index (χ4v) is 4.78. The molecule has 4 rings (SSSR count). The molecule has 3 aliphatic heterocycles. The summed E-state index contributed by atoms with van der Waals surface area (Å²) in [5.74, 6) is -0.0733. The van der Waals surface area contributed by atoms with Crippen molar-refractivity contribution >= 4 is 11.9 Å². The van der Waals surface area contributed by atoms with E-state index in [9.17, 15) is 14.0 Å². The summed E-state index contributed by atoms with van der Waals surface area (Å²) >= 11 is 0. The van der Waals surface area contributed by atoms with Crippen molar-refractivity contribution < 1.29 is 18.7 Å². The van der Waals surface area contributed by atoms with Gasteiger partial charge in [0.2, 0.25) is 0 Å². The number of amides is 3. The van der Waals surface area contributed by atoms with Gasteiger partial charge in [-0.2, -0.15) is 0 Å². The maximum atomic E-state index is 13.6. The van der Waals surface area contributed by atoms with Crippen LogP contribution in [0.4, 0.5) is 9.18 Å². The van der Waals surface area contributed by atoms with Gasteiger partial charge in [-0.25, -0.2) is 9.18 Å². The van der Waals surface area contributed by atoms with Crippen LogP contribution in [0, 0.1) is 17.7 Å². The van der Waals surface area contributed by atoms with Gasteiger partial charge in [-0.15, -0.1) is 0 Å². The minimum absolute atomic E-state index is 0.0648. The molecule has 6 nitrogen and oxygen atoms in total. The summed E-state index contributed by atoms with van der Waals surface area (Å²) in [5.41, 5.74) is -0.0798. The van der Waals surface area contributed by atoms with E-state index in [4.69, 9.17) is 4.74 Å². The zero-order valence-electron chi connectivity index (χ0n) is 16.1. The van der Waals surface area contributed by atoms with E-state index in [1.165, 1.54) is 17.0 Å². The van der Waals surface area contributed by atoms with Gasteiger partial charge < -0.3 is 15.4 Å². The smallest absolute Gasteiger partial charge is 0.325 e. The summed E-state index contributed by atoms with van der Waals surface area (Å²) in [6.07, 6.45) is 3.80. The Bertz CT molecular complexity index is 714. The summed E-state index contributed by atoms with van der Waals surface area (Å²) in [6.45, 7) is 3.48. The van der Waals surface area contributed by atoms with Crippen molar-refractivity contribution in [2.24, 2.45) is 11.8 Å². The Labute approximate surface area is 164 Å². The number of carbonyl (C=O) groups excluding carboxylic acids is 2. The van der Waals surface area contributed by atoms with Crippen molar-refractivity contribution in [3.63, 3.8) is 0 Å². The summed E-state index contributed by atoms with van der Waals surface area (Å²) < 4.78 is 18.7. The van der Waals surface area contributed by atoms with Gasteiger partial charge in [0.1, 0.15) is 11.4 Å². The summed E-state index contributed by atoms with van der Waals surface area (Å²) in [5, 5.41) is 6.40. The number of hydrogen-bond donors (Lipinski definition) is 2. The van der Waals surface area contributed by atoms with Crippen LogP contribution in [0.25, 0.3) is 0 Å². The number of ether oxygens (including phenoxy) is 1. The first-order valence-corrected chi connectivity index (χ1v) is 10.3. The van der Waals surface area contributed by atoms with E-state index in [0.29, 0.717) is 26.2 Å². The van der Waals surface area contributed by atoms with Gasteiger partial charge in [0, 0.05) is 26.2 Å². The predicted molar refractivity (Wildman–Crippen MR) is 102 cm³/mol. The Hall–Kier alpha value is -1.99. The highest BCUT2D eigenvalue weighted by atomic mass is 19.1. The maximum absolute atomic E-state index is 13.6. The lowest BCUT2D eigenvalue weighted by Gasteiger charge is -2.38. The maximum Gasteiger partial charge on any atom is 0.325 e. The minimum Gasteiger partial charge on any atom is -0.381 e. The molecule has 0 spiro atoms. The summed E-state index contributed by atoms with van der Waals surface area (Å²) in [7, 11) is 0. The Morgan fingerprint density at radius 2 is 1.75 bits per heavy atom. The molecule has 3 saturated heterocycles. The summed E-state index contributed by atoms with van der Waals surface area (Å²) in [4.78, 5) is 27.9. The molecule has 3 heterocycles. The topological polar surface area (TPSA) is 70.7 Å². The van der Waals surface area contributed by atoms with E-state index in [1.54, 1.807) is 12.1 Å². The van der Waals surface area contributed by atoms with Crippen molar-refractivity contribution in [1.82, 2.24) is 15.5 Å². The van der Waals surface area contributed by atoms with Crippen molar-refractivity contribution in [3.05, 3.63) is 35.6 Å². The molecule has 3 aliphatic rings. The Kier molecular flexibility index (Phi) is 5.64. The fourth-order valence-electron chi connectivity index (χ4n) is 4.78. The number of carbonyl (C=O) groups is 2. The SMILES string of the molecule is O=C1N[C@](Cc2ccc(F)cc2)(C2CCNCC2)C(=O)N1CC1CCOCC1. The van der Waals surface area contributed by atoms with Crippen LogP contribution < -0.4 is 10.6 Å². The average Bonchev–Trinajstić information content (AvgIpc) is 2.96. The van der Waals surface area contributed by atoms with Crippen LogP contribution in [-0.4, -0.2) is 55.2 Å². The van der Waals surface area contributed by atoms with Crippen LogP contribution in [0.1, 0.15) is 31.2 Å². The predicted octanol–water partition coefficient (Wildman–Crippen LogP) is 2.08. The van der Waals surface area contributed by atoms with Gasteiger partial charge in [0.15, 0.2) is 0 Å². The number of halogens is 1. The highest BCUT2D eigenvalue weighted by Crippen LogP contribution is 2.36. The second-order valence-electron chi connectivity index (χ2n) is 8.20. The third-order valence-electron chi connectivity index (χ3n) is 6.42. The van der Waals surface area contributed by atoms with Gasteiger partial charge in [-0.3, -0.25) is 9.69 Å². The second kappa shape index (κ2) is 8.17. The number of imide groups is 1. The highest BCUT2D eigenvalue weighted by molar-refractivity contribution is 6.07. The van der Waals surface area contributed by atoms with Gasteiger partial charge in [-0.05, 0) is 68.3 Å². The summed E-state index contributed by atoms with van der Waals surface area (Å²) in [6, 6.07) is 5.94. The van der Waals surface area contributed by atoms with Crippen LogP contribution in [0.3, 0.4) is 0 Å². The minimum atomic E-state index is -0.942. The van der Waals surface area contributed by atoms with Crippen LogP contribution in [-0.2, 0) is 16.0 Å². The molecule has 1 aromatic rings. The highest BCUT2D eigenvalue weighted by Gasteiger charge is 2.55. The fraction of sp³-hybridized carbons (Fsp3) is 0.619. The van der Waals surface area contributed by atoms with Crippen LogP contribution >= 0.6 is 0 Å². The van der Waals surface area contributed by atoms with Crippen molar-refractivity contribution in [2.45, 2.75) is 37.6 Å². The largest absolute Gasteiger partial charge is 0.381 e. The lowest BCUT2D eigenvalue weighted by molar-refractivity contribution is -0.134. The van der Waals surface area contributed by atoms with E-state index < -0.39 is 5.54 Å². The van der Waals surface area contributed by atoms with Crippen LogP contribution in [0.15, 0.2) is 24.3 Å². The third kappa shape index (κ3) is 3.78. The molecule has 3 amide bonds. The van der Waals surface area contributed by atoms with Crippen molar-refractivity contribution in [2.75, 3.05) is 32.8 Å². The number of piperidine rings is 1. The van der Waals surface area contributed by atoms with Gasteiger partial charge in [0.05, 0.1) is 0 Å². The molecule has 0 saturated carbocycles. The van der Waals surface area contributed by atoms with Crippen molar-refractivity contribution in [1.29, 1.82) is 0 Å².